The van der Waals surface area contributed by atoms with Crippen LogP contribution < -0.4 is 20.3 Å². The minimum absolute atomic E-state index is 0.379. The van der Waals surface area contributed by atoms with Gasteiger partial charge in [0.05, 0.1) is 17.8 Å². The number of hydrogen-bond acceptors (Lipinski definition) is 5. The normalized spacial score (nSPS) is 17.0. The minimum Gasteiger partial charge on any atom is -0.495 e. The molecule has 2 N–H and O–H groups in total. The van der Waals surface area contributed by atoms with Gasteiger partial charge in [-0.05, 0) is 38.8 Å². The summed E-state index contributed by atoms with van der Waals surface area (Å²) >= 11 is 1.74. The first-order chi connectivity index (χ1) is 13.7. The number of rotatable bonds is 8. The number of hydrogen-bond donors (Lipinski definition) is 2. The second-order valence-electron chi connectivity index (χ2n) is 6.99. The van der Waals surface area contributed by atoms with Crippen LogP contribution in [0.4, 0.5) is 5.69 Å². The van der Waals surface area contributed by atoms with Crippen LogP contribution >= 0.6 is 11.3 Å². The molecule has 1 fully saturated rings. The maximum absolute atomic E-state index is 5.51. The zero-order valence-electron chi connectivity index (χ0n) is 17.1. The standard InChI is InChI=1S/C21H31N5OS/c1-4-22-21(23-12-7-10-20-24-16(2)15-28-20)25-17-11-13-26(14-17)18-8-5-6-9-19(18)27-3/h5-6,8-9,15,17H,4,7,10-14H2,1-3H3,(H2,22,23,25). The second-order valence-corrected chi connectivity index (χ2v) is 7.94. The average Bonchev–Trinajstić information content (AvgIpc) is 3.34. The lowest BCUT2D eigenvalue weighted by Gasteiger charge is -2.22. The lowest BCUT2D eigenvalue weighted by atomic mass is 10.2. The molecule has 1 atom stereocenters. The van der Waals surface area contributed by atoms with Crippen LogP contribution in [0.3, 0.4) is 0 Å². The smallest absolute Gasteiger partial charge is 0.191 e. The zero-order valence-corrected chi connectivity index (χ0v) is 17.9. The second kappa shape index (κ2) is 10.3. The number of aromatic nitrogens is 1. The summed E-state index contributed by atoms with van der Waals surface area (Å²) in [6.45, 7) is 7.77. The number of anilines is 1. The molecule has 0 aliphatic carbocycles. The van der Waals surface area contributed by atoms with E-state index >= 15 is 0 Å². The number of aryl methyl sites for hydroxylation is 2. The van der Waals surface area contributed by atoms with Gasteiger partial charge in [-0.2, -0.15) is 0 Å². The number of methoxy groups -OCH3 is 1. The van der Waals surface area contributed by atoms with Gasteiger partial charge in [0.1, 0.15) is 5.75 Å². The van der Waals surface area contributed by atoms with Crippen molar-refractivity contribution in [1.29, 1.82) is 0 Å². The molecule has 7 heteroatoms. The lowest BCUT2D eigenvalue weighted by molar-refractivity contribution is 0.415. The number of benzene rings is 1. The third kappa shape index (κ3) is 5.61. The van der Waals surface area contributed by atoms with Crippen molar-refractivity contribution < 1.29 is 4.74 Å². The molecule has 0 bridgehead atoms. The van der Waals surface area contributed by atoms with E-state index in [1.807, 2.05) is 19.1 Å². The summed E-state index contributed by atoms with van der Waals surface area (Å²) < 4.78 is 5.51. The Morgan fingerprint density at radius 2 is 2.25 bits per heavy atom. The van der Waals surface area contributed by atoms with Crippen LogP contribution in [0.2, 0.25) is 0 Å². The van der Waals surface area contributed by atoms with Crippen molar-refractivity contribution >= 4 is 23.0 Å². The molecule has 0 amide bonds. The number of nitrogens with one attached hydrogen (secondary N) is 2. The van der Waals surface area contributed by atoms with Gasteiger partial charge < -0.3 is 20.3 Å². The Morgan fingerprint density at radius 3 is 3.00 bits per heavy atom. The molecule has 1 aromatic carbocycles. The minimum atomic E-state index is 0.379. The maximum Gasteiger partial charge on any atom is 0.191 e. The average molecular weight is 402 g/mol. The Labute approximate surface area is 172 Å². The van der Waals surface area contributed by atoms with Crippen LogP contribution in [-0.2, 0) is 6.42 Å². The van der Waals surface area contributed by atoms with Crippen LogP contribution in [0.15, 0.2) is 34.6 Å². The number of thiazole rings is 1. The summed E-state index contributed by atoms with van der Waals surface area (Å²) in [5.41, 5.74) is 2.27. The molecule has 2 aromatic rings. The molecule has 2 heterocycles. The summed E-state index contributed by atoms with van der Waals surface area (Å²) in [4.78, 5) is 11.7. The number of nitrogens with zero attached hydrogens (tertiary/aromatic N) is 3. The zero-order chi connectivity index (χ0) is 19.8. The van der Waals surface area contributed by atoms with Crippen molar-refractivity contribution in [3.8, 4) is 5.75 Å². The van der Waals surface area contributed by atoms with Gasteiger partial charge in [0.2, 0.25) is 0 Å². The highest BCUT2D eigenvalue weighted by Gasteiger charge is 2.25. The van der Waals surface area contributed by atoms with Crippen molar-refractivity contribution in [3.05, 3.63) is 40.3 Å². The molecule has 3 rings (SSSR count). The summed E-state index contributed by atoms with van der Waals surface area (Å²) in [7, 11) is 1.73. The van der Waals surface area contributed by atoms with E-state index in [2.05, 4.69) is 45.0 Å². The quantitative estimate of drug-likeness (QED) is 0.404. The van der Waals surface area contributed by atoms with E-state index in [4.69, 9.17) is 9.73 Å². The highest BCUT2D eigenvalue weighted by atomic mass is 32.1. The number of para-hydroxylation sites is 2. The largest absolute Gasteiger partial charge is 0.495 e. The fourth-order valence-electron chi connectivity index (χ4n) is 3.44. The highest BCUT2D eigenvalue weighted by molar-refractivity contribution is 7.09. The molecule has 1 aliphatic rings. The van der Waals surface area contributed by atoms with E-state index in [1.54, 1.807) is 18.4 Å². The van der Waals surface area contributed by atoms with Crippen molar-refractivity contribution in [2.75, 3.05) is 38.2 Å². The highest BCUT2D eigenvalue weighted by Crippen LogP contribution is 2.30. The van der Waals surface area contributed by atoms with E-state index in [0.29, 0.717) is 6.04 Å². The van der Waals surface area contributed by atoms with E-state index in [1.165, 1.54) is 5.01 Å². The summed E-state index contributed by atoms with van der Waals surface area (Å²) in [5, 5.41) is 10.3. The van der Waals surface area contributed by atoms with Crippen LogP contribution in [0.1, 0.15) is 30.5 Å². The summed E-state index contributed by atoms with van der Waals surface area (Å²) in [6, 6.07) is 8.60. The third-order valence-electron chi connectivity index (χ3n) is 4.78. The van der Waals surface area contributed by atoms with Crippen LogP contribution in [0.5, 0.6) is 5.75 Å². The topological polar surface area (TPSA) is 61.8 Å². The first kappa shape index (κ1) is 20.5. The predicted octanol–water partition coefficient (Wildman–Crippen LogP) is 3.23. The number of ether oxygens (including phenoxy) is 1. The molecule has 0 radical (unpaired) electrons. The fraction of sp³-hybridized carbons (Fsp3) is 0.524. The Morgan fingerprint density at radius 1 is 1.39 bits per heavy atom. The van der Waals surface area contributed by atoms with Crippen LogP contribution in [0.25, 0.3) is 0 Å². The van der Waals surface area contributed by atoms with Gasteiger partial charge in [0, 0.05) is 49.7 Å². The number of guanidine groups is 1. The maximum atomic E-state index is 5.51. The Hall–Kier alpha value is -2.28. The Balaban J connectivity index is 1.51. The molecule has 0 spiro atoms. The van der Waals surface area contributed by atoms with E-state index in [9.17, 15) is 0 Å². The Bertz CT molecular complexity index is 776. The monoisotopic (exact) mass is 401 g/mol. The fourth-order valence-corrected chi connectivity index (χ4v) is 4.26. The molecule has 28 heavy (non-hydrogen) atoms. The molecule has 1 unspecified atom stereocenters. The molecule has 0 saturated carbocycles. The Kier molecular flexibility index (Phi) is 7.54. The molecular formula is C21H31N5OS. The SMILES string of the molecule is CCNC(=NCCCc1nc(C)cs1)NC1CCN(c2ccccc2OC)C1. The van der Waals surface area contributed by atoms with Crippen LogP contribution in [0, 0.1) is 6.92 Å². The third-order valence-corrected chi connectivity index (χ3v) is 5.81. The van der Waals surface area contributed by atoms with Gasteiger partial charge in [-0.3, -0.25) is 4.99 Å². The van der Waals surface area contributed by atoms with Crippen molar-refractivity contribution in [1.82, 2.24) is 15.6 Å². The van der Waals surface area contributed by atoms with Gasteiger partial charge in [0.15, 0.2) is 5.96 Å². The van der Waals surface area contributed by atoms with Gasteiger partial charge in [0.25, 0.3) is 0 Å². The van der Waals surface area contributed by atoms with E-state index in [-0.39, 0.29) is 0 Å². The lowest BCUT2D eigenvalue weighted by Crippen LogP contribution is -2.44. The van der Waals surface area contributed by atoms with Gasteiger partial charge in [-0.15, -0.1) is 11.3 Å². The van der Waals surface area contributed by atoms with Crippen molar-refractivity contribution in [3.63, 3.8) is 0 Å². The molecule has 152 valence electrons. The van der Waals surface area contributed by atoms with E-state index in [0.717, 1.165) is 68.5 Å². The van der Waals surface area contributed by atoms with Crippen LogP contribution in [-0.4, -0.2) is 50.3 Å². The molecule has 6 nitrogen and oxygen atoms in total. The molecular weight excluding hydrogens is 370 g/mol. The first-order valence-corrected chi connectivity index (χ1v) is 10.9. The van der Waals surface area contributed by atoms with Crippen molar-refractivity contribution in [2.45, 2.75) is 39.2 Å². The van der Waals surface area contributed by atoms with Crippen molar-refractivity contribution in [2.24, 2.45) is 4.99 Å². The first-order valence-electron chi connectivity index (χ1n) is 10.0. The van der Waals surface area contributed by atoms with Gasteiger partial charge >= 0.3 is 0 Å². The molecule has 1 aliphatic heterocycles. The van der Waals surface area contributed by atoms with Gasteiger partial charge in [-0.25, -0.2) is 4.98 Å². The molecule has 1 saturated heterocycles. The van der Waals surface area contributed by atoms with Gasteiger partial charge in [-0.1, -0.05) is 12.1 Å². The predicted molar refractivity (Wildman–Crippen MR) is 118 cm³/mol. The van der Waals surface area contributed by atoms with E-state index < -0.39 is 0 Å². The summed E-state index contributed by atoms with van der Waals surface area (Å²) in [6.07, 6.45) is 3.09. The summed E-state index contributed by atoms with van der Waals surface area (Å²) in [5.74, 6) is 1.84. The number of aliphatic imine (C=N–C) groups is 1. The molecule has 1 aromatic heterocycles.